The zero-order valence-corrected chi connectivity index (χ0v) is 15.6. The maximum atomic E-state index is 14.6. The third-order valence-electron chi connectivity index (χ3n) is 4.70. The number of rotatable bonds is 4. The molecule has 2 aromatic rings. The molecule has 0 spiro atoms. The Labute approximate surface area is 160 Å². The van der Waals surface area contributed by atoms with E-state index in [1.807, 2.05) is 0 Å². The third kappa shape index (κ3) is 3.70. The van der Waals surface area contributed by atoms with Gasteiger partial charge in [0.1, 0.15) is 11.9 Å². The molecule has 11 heteroatoms. The summed E-state index contributed by atoms with van der Waals surface area (Å²) in [6, 6.07) is 4.45. The molecule has 1 aromatic carbocycles. The summed E-state index contributed by atoms with van der Waals surface area (Å²) in [5.74, 6) is -0.323. The Morgan fingerprint density at radius 1 is 1.36 bits per heavy atom. The van der Waals surface area contributed by atoms with E-state index in [1.165, 1.54) is 21.8 Å². The molecule has 3 heterocycles. The van der Waals surface area contributed by atoms with Gasteiger partial charge in [0.25, 0.3) is 0 Å². The van der Waals surface area contributed by atoms with Crippen molar-refractivity contribution in [2.75, 3.05) is 28.7 Å². The minimum Gasteiger partial charge on any atom is -0.442 e. The largest absolute Gasteiger partial charge is 0.442 e. The summed E-state index contributed by atoms with van der Waals surface area (Å²) >= 11 is 0. The number of carbonyl (C=O) groups is 1. The fraction of sp³-hybridized carbons (Fsp3) is 0.353. The number of nitrogens with two attached hydrogens (primary N) is 1. The van der Waals surface area contributed by atoms with E-state index in [-0.39, 0.29) is 36.8 Å². The first-order chi connectivity index (χ1) is 13.3. The lowest BCUT2D eigenvalue weighted by Crippen LogP contribution is -2.26. The maximum absolute atomic E-state index is 14.6. The van der Waals surface area contributed by atoms with Crippen molar-refractivity contribution in [3.8, 4) is 0 Å². The topological polar surface area (TPSA) is 120 Å². The smallest absolute Gasteiger partial charge is 0.414 e. The second-order valence-electron chi connectivity index (χ2n) is 6.74. The monoisotopic (exact) mass is 407 g/mol. The molecule has 1 unspecified atom stereocenters. The predicted molar refractivity (Wildman–Crippen MR) is 99.7 cm³/mol. The summed E-state index contributed by atoms with van der Waals surface area (Å²) in [4.78, 5) is 13.5. The molecular weight excluding hydrogens is 389 g/mol. The van der Waals surface area contributed by atoms with Crippen LogP contribution in [0.15, 0.2) is 30.5 Å². The number of halogens is 1. The van der Waals surface area contributed by atoms with E-state index >= 15 is 0 Å². The number of cyclic esters (lactones) is 1. The molecule has 1 amide bonds. The van der Waals surface area contributed by atoms with Gasteiger partial charge in [-0.25, -0.2) is 22.3 Å². The van der Waals surface area contributed by atoms with Gasteiger partial charge in [0.05, 0.1) is 36.5 Å². The van der Waals surface area contributed by atoms with E-state index in [4.69, 9.17) is 10.5 Å². The Morgan fingerprint density at radius 2 is 2.18 bits per heavy atom. The molecule has 2 aliphatic rings. The number of nitrogen functional groups attached to an aromatic ring is 1. The van der Waals surface area contributed by atoms with Gasteiger partial charge in [-0.05, 0) is 30.2 Å². The Hall–Kier alpha value is -2.95. The van der Waals surface area contributed by atoms with Crippen LogP contribution in [0, 0.1) is 5.82 Å². The first kappa shape index (κ1) is 18.4. The van der Waals surface area contributed by atoms with Crippen LogP contribution in [-0.4, -0.2) is 53.7 Å². The van der Waals surface area contributed by atoms with Gasteiger partial charge < -0.3 is 10.5 Å². The average molecular weight is 407 g/mol. The number of allylic oxidation sites excluding steroid dienone is 1. The lowest BCUT2D eigenvalue weighted by molar-refractivity contribution is 0.129. The zero-order valence-electron chi connectivity index (χ0n) is 14.8. The molecule has 0 saturated carbocycles. The highest BCUT2D eigenvalue weighted by Gasteiger charge is 2.33. The minimum absolute atomic E-state index is 0.00690. The molecule has 2 N–H and O–H groups in total. The van der Waals surface area contributed by atoms with E-state index in [2.05, 4.69) is 10.3 Å². The summed E-state index contributed by atoms with van der Waals surface area (Å²) in [5, 5.41) is 7.49. The van der Waals surface area contributed by atoms with E-state index in [1.54, 1.807) is 18.2 Å². The normalized spacial score (nSPS) is 21.5. The van der Waals surface area contributed by atoms with Crippen molar-refractivity contribution in [2.24, 2.45) is 0 Å². The van der Waals surface area contributed by atoms with Gasteiger partial charge in [0.2, 0.25) is 0 Å². The molecule has 0 aliphatic carbocycles. The van der Waals surface area contributed by atoms with Crippen molar-refractivity contribution in [3.63, 3.8) is 0 Å². The highest BCUT2D eigenvalue weighted by atomic mass is 32.2. The number of aromatic nitrogens is 3. The quantitative estimate of drug-likeness (QED) is 0.809. The second kappa shape index (κ2) is 6.89. The van der Waals surface area contributed by atoms with Crippen LogP contribution in [0.3, 0.4) is 0 Å². The number of benzene rings is 1. The van der Waals surface area contributed by atoms with Crippen LogP contribution >= 0.6 is 0 Å². The lowest BCUT2D eigenvalue weighted by atomic mass is 10.0. The van der Waals surface area contributed by atoms with Crippen molar-refractivity contribution >= 4 is 33.0 Å². The van der Waals surface area contributed by atoms with E-state index in [0.29, 0.717) is 16.8 Å². The number of amides is 1. The minimum atomic E-state index is -3.08. The predicted octanol–water partition coefficient (Wildman–Crippen LogP) is 1.23. The van der Waals surface area contributed by atoms with Crippen molar-refractivity contribution in [2.45, 2.75) is 19.1 Å². The van der Waals surface area contributed by atoms with Gasteiger partial charge in [-0.1, -0.05) is 11.3 Å². The van der Waals surface area contributed by atoms with Crippen molar-refractivity contribution < 1.29 is 22.3 Å². The Kier molecular flexibility index (Phi) is 4.53. The van der Waals surface area contributed by atoms with E-state index < -0.39 is 27.9 Å². The van der Waals surface area contributed by atoms with Gasteiger partial charge >= 0.3 is 6.09 Å². The highest BCUT2D eigenvalue weighted by molar-refractivity contribution is 7.91. The lowest BCUT2D eigenvalue weighted by Gasteiger charge is -2.17. The standard InChI is InChI=1S/C17H18FN5O4S/c18-15-7-12(1-2-14(15)11-3-5-28(25,26)6-4-11)23-9-13(27-17(23)24)8-22-10-16(19)20-21-22/h1-3,7,10,13H,4-6,8-9,19H2. The molecule has 1 aromatic heterocycles. The SMILES string of the molecule is Nc1cn(CC2CN(c3ccc(C4=CCS(=O)(=O)CC4)c(F)c3)C(=O)O2)nn1. The van der Waals surface area contributed by atoms with Gasteiger partial charge in [-0.3, -0.25) is 4.90 Å². The molecule has 0 bridgehead atoms. The molecule has 1 saturated heterocycles. The third-order valence-corrected chi connectivity index (χ3v) is 6.20. The van der Waals surface area contributed by atoms with Gasteiger partial charge in [0, 0.05) is 5.56 Å². The van der Waals surface area contributed by atoms with Gasteiger partial charge in [0.15, 0.2) is 15.7 Å². The molecule has 0 radical (unpaired) electrons. The van der Waals surface area contributed by atoms with Crippen molar-refractivity contribution in [3.05, 3.63) is 41.9 Å². The van der Waals surface area contributed by atoms with Crippen LogP contribution < -0.4 is 10.6 Å². The number of ether oxygens (including phenoxy) is 1. The summed E-state index contributed by atoms with van der Waals surface area (Å²) in [5.41, 5.74) is 6.89. The summed E-state index contributed by atoms with van der Waals surface area (Å²) in [7, 11) is -3.08. The number of sulfone groups is 1. The Bertz CT molecular complexity index is 1070. The molecular formula is C17H18FN5O4S. The zero-order chi connectivity index (χ0) is 19.9. The molecule has 1 atom stereocenters. The molecule has 4 rings (SSSR count). The fourth-order valence-corrected chi connectivity index (χ4v) is 4.45. The number of hydrogen-bond donors (Lipinski definition) is 1. The number of carbonyl (C=O) groups excluding carboxylic acids is 1. The molecule has 1 fully saturated rings. The molecule has 9 nitrogen and oxygen atoms in total. The van der Waals surface area contributed by atoms with Crippen LogP contribution in [0.1, 0.15) is 12.0 Å². The number of nitrogens with zero attached hydrogens (tertiary/aromatic N) is 4. The fourth-order valence-electron chi connectivity index (χ4n) is 3.29. The van der Waals surface area contributed by atoms with E-state index in [9.17, 15) is 17.6 Å². The molecule has 28 heavy (non-hydrogen) atoms. The Morgan fingerprint density at radius 3 is 2.82 bits per heavy atom. The van der Waals surface area contributed by atoms with E-state index in [0.717, 1.165) is 0 Å². The van der Waals surface area contributed by atoms with Crippen LogP contribution in [0.5, 0.6) is 0 Å². The number of hydrogen-bond acceptors (Lipinski definition) is 7. The first-order valence-electron chi connectivity index (χ1n) is 8.64. The van der Waals surface area contributed by atoms with Crippen LogP contribution in [-0.2, 0) is 21.1 Å². The van der Waals surface area contributed by atoms with Gasteiger partial charge in [-0.2, -0.15) is 0 Å². The van der Waals surface area contributed by atoms with Crippen LogP contribution in [0.2, 0.25) is 0 Å². The number of anilines is 2. The van der Waals surface area contributed by atoms with Crippen molar-refractivity contribution in [1.82, 2.24) is 15.0 Å². The molecule has 2 aliphatic heterocycles. The highest BCUT2D eigenvalue weighted by Crippen LogP contribution is 2.30. The second-order valence-corrected chi connectivity index (χ2v) is 8.97. The van der Waals surface area contributed by atoms with Gasteiger partial charge in [-0.15, -0.1) is 5.10 Å². The van der Waals surface area contributed by atoms with Crippen molar-refractivity contribution in [1.29, 1.82) is 0 Å². The average Bonchev–Trinajstić information content (AvgIpc) is 3.21. The maximum Gasteiger partial charge on any atom is 0.414 e. The summed E-state index contributed by atoms with van der Waals surface area (Å²) in [6.45, 7) is 0.521. The summed E-state index contributed by atoms with van der Waals surface area (Å²) in [6.07, 6.45) is 2.30. The molecule has 148 valence electrons. The first-order valence-corrected chi connectivity index (χ1v) is 10.5. The van der Waals surface area contributed by atoms with Crippen LogP contribution in [0.25, 0.3) is 5.57 Å². The summed E-state index contributed by atoms with van der Waals surface area (Å²) < 4.78 is 44.5. The Balaban J connectivity index is 1.49. The van der Waals surface area contributed by atoms with Crippen LogP contribution in [0.4, 0.5) is 20.7 Å².